The van der Waals surface area contributed by atoms with Crippen molar-refractivity contribution in [1.82, 2.24) is 19.5 Å². The number of hydrogen-bond donors (Lipinski definition) is 1. The maximum Gasteiger partial charge on any atom is 0.326 e. The van der Waals surface area contributed by atoms with Gasteiger partial charge in [-0.15, -0.1) is 0 Å². The van der Waals surface area contributed by atoms with Crippen molar-refractivity contribution in [3.05, 3.63) is 18.6 Å². The molecule has 2 rings (SSSR count). The van der Waals surface area contributed by atoms with Gasteiger partial charge in [-0.2, -0.15) is 4.98 Å². The van der Waals surface area contributed by atoms with Crippen LogP contribution in [0.1, 0.15) is 26.5 Å². The second-order valence-corrected chi connectivity index (χ2v) is 5.30. The van der Waals surface area contributed by atoms with Crippen LogP contribution in [0.15, 0.2) is 12.9 Å². The number of aromatic nitrogens is 4. The van der Waals surface area contributed by atoms with E-state index in [-0.39, 0.29) is 18.5 Å². The molecule has 0 bridgehead atoms. The maximum absolute atomic E-state index is 11.8. The van der Waals surface area contributed by atoms with Crippen LogP contribution in [0, 0.1) is 0 Å². The van der Waals surface area contributed by atoms with E-state index in [0.717, 1.165) is 0 Å². The molecule has 20 heavy (non-hydrogen) atoms. The summed E-state index contributed by atoms with van der Waals surface area (Å²) in [4.78, 5) is 24.2. The Morgan fingerprint density at radius 3 is 2.80 bits per heavy atom. The molecule has 2 aromatic rings. The number of carbonyl (C=O) groups is 1. The summed E-state index contributed by atoms with van der Waals surface area (Å²) in [6.45, 7) is 9.11. The molecule has 0 fully saturated rings. The van der Waals surface area contributed by atoms with E-state index in [4.69, 9.17) is 10.5 Å². The summed E-state index contributed by atoms with van der Waals surface area (Å²) in [7, 11) is 0. The highest BCUT2D eigenvalue weighted by Crippen LogP contribution is 2.17. The summed E-state index contributed by atoms with van der Waals surface area (Å²) in [5.41, 5.74) is 6.68. The van der Waals surface area contributed by atoms with Crippen molar-refractivity contribution >= 4 is 29.2 Å². The first-order chi connectivity index (χ1) is 9.30. The van der Waals surface area contributed by atoms with E-state index in [2.05, 4.69) is 21.5 Å². The summed E-state index contributed by atoms with van der Waals surface area (Å²) >= 11 is 0. The lowest BCUT2D eigenvalue weighted by Gasteiger charge is -2.19. The maximum atomic E-state index is 11.8. The topological polar surface area (TPSA) is 95.9 Å². The van der Waals surface area contributed by atoms with Crippen LogP contribution in [0.25, 0.3) is 17.2 Å². The van der Waals surface area contributed by atoms with Gasteiger partial charge in [-0.3, -0.25) is 4.79 Å². The van der Waals surface area contributed by atoms with E-state index in [1.165, 1.54) is 6.33 Å². The van der Waals surface area contributed by atoms with E-state index >= 15 is 0 Å². The molecule has 0 aliphatic carbocycles. The minimum atomic E-state index is -0.534. The molecule has 7 heteroatoms. The van der Waals surface area contributed by atoms with Crippen molar-refractivity contribution in [2.75, 3.05) is 5.73 Å². The average Bonchev–Trinajstić information content (AvgIpc) is 2.69. The van der Waals surface area contributed by atoms with Gasteiger partial charge in [-0.1, -0.05) is 6.58 Å². The van der Waals surface area contributed by atoms with Crippen LogP contribution in [-0.4, -0.2) is 31.1 Å². The first kappa shape index (κ1) is 14.0. The first-order valence-electron chi connectivity index (χ1n) is 6.13. The number of nitrogens with zero attached hydrogens (tertiary/aromatic N) is 4. The lowest BCUT2D eigenvalue weighted by Crippen LogP contribution is -2.26. The van der Waals surface area contributed by atoms with Crippen LogP contribution in [0.4, 0.5) is 5.95 Å². The summed E-state index contributed by atoms with van der Waals surface area (Å²) in [6, 6.07) is 0. The number of imidazole rings is 1. The van der Waals surface area contributed by atoms with Gasteiger partial charge in [0.1, 0.15) is 17.7 Å². The molecule has 0 amide bonds. The van der Waals surface area contributed by atoms with Gasteiger partial charge < -0.3 is 15.0 Å². The largest absolute Gasteiger partial charge is 0.459 e. The molecule has 7 nitrogen and oxygen atoms in total. The van der Waals surface area contributed by atoms with E-state index in [9.17, 15) is 4.79 Å². The van der Waals surface area contributed by atoms with Crippen LogP contribution in [0.2, 0.25) is 0 Å². The van der Waals surface area contributed by atoms with Crippen molar-refractivity contribution in [2.45, 2.75) is 32.9 Å². The number of carbonyl (C=O) groups excluding carboxylic acids is 1. The molecule has 0 saturated heterocycles. The standard InChI is InChI=1S/C13H17N5O2/c1-5-8-10-11(17-12(14)16-8)18(7-15-10)6-9(19)20-13(2,3)4/h5,7H,1,6H2,2-4H3,(H2,14,16,17). The zero-order valence-corrected chi connectivity index (χ0v) is 11.8. The van der Waals surface area contributed by atoms with Gasteiger partial charge in [-0.25, -0.2) is 9.97 Å². The fraction of sp³-hybridized carbons (Fsp3) is 0.385. The predicted octanol–water partition coefficient (Wildman–Crippen LogP) is 1.39. The number of esters is 1. The average molecular weight is 275 g/mol. The SMILES string of the molecule is C=Cc1nc(N)nc2c1ncn2CC(=O)OC(C)(C)C. The van der Waals surface area contributed by atoms with Crippen LogP contribution in [0.5, 0.6) is 0 Å². The molecule has 106 valence electrons. The number of nitrogens with two attached hydrogens (primary N) is 1. The molecule has 0 aliphatic heterocycles. The van der Waals surface area contributed by atoms with Crippen LogP contribution < -0.4 is 5.73 Å². The van der Waals surface area contributed by atoms with Crippen molar-refractivity contribution in [1.29, 1.82) is 0 Å². The Bertz CT molecular complexity index is 669. The molecule has 0 aliphatic rings. The fourth-order valence-corrected chi connectivity index (χ4v) is 1.75. The van der Waals surface area contributed by atoms with E-state index in [0.29, 0.717) is 16.9 Å². The number of fused-ring (bicyclic) bond motifs is 1. The third-order valence-electron chi connectivity index (χ3n) is 2.42. The first-order valence-corrected chi connectivity index (χ1v) is 6.13. The number of ether oxygens (including phenoxy) is 1. The highest BCUT2D eigenvalue weighted by molar-refractivity contribution is 5.82. The molecule has 0 radical (unpaired) electrons. The Morgan fingerprint density at radius 1 is 1.50 bits per heavy atom. The minimum Gasteiger partial charge on any atom is -0.459 e. The number of anilines is 1. The predicted molar refractivity (Wildman–Crippen MR) is 75.7 cm³/mol. The number of rotatable bonds is 3. The van der Waals surface area contributed by atoms with E-state index < -0.39 is 5.60 Å². The zero-order chi connectivity index (χ0) is 14.9. The van der Waals surface area contributed by atoms with Gasteiger partial charge in [-0.05, 0) is 26.8 Å². The van der Waals surface area contributed by atoms with Gasteiger partial charge in [0.05, 0.1) is 12.0 Å². The van der Waals surface area contributed by atoms with Crippen molar-refractivity contribution < 1.29 is 9.53 Å². The molecule has 0 atom stereocenters. The zero-order valence-electron chi connectivity index (χ0n) is 11.8. The van der Waals surface area contributed by atoms with Crippen molar-refractivity contribution in [3.8, 4) is 0 Å². The van der Waals surface area contributed by atoms with E-state index in [1.807, 2.05) is 20.8 Å². The molecule has 2 heterocycles. The van der Waals surface area contributed by atoms with Crippen LogP contribution in [-0.2, 0) is 16.1 Å². The third kappa shape index (κ3) is 2.93. The highest BCUT2D eigenvalue weighted by Gasteiger charge is 2.18. The minimum absolute atomic E-state index is 0.0147. The Labute approximate surface area is 116 Å². The van der Waals surface area contributed by atoms with Crippen molar-refractivity contribution in [2.24, 2.45) is 0 Å². The van der Waals surface area contributed by atoms with Crippen LogP contribution >= 0.6 is 0 Å². The number of nitrogen functional groups attached to an aromatic ring is 1. The monoisotopic (exact) mass is 275 g/mol. The summed E-state index contributed by atoms with van der Waals surface area (Å²) in [6.07, 6.45) is 3.06. The highest BCUT2D eigenvalue weighted by atomic mass is 16.6. The van der Waals surface area contributed by atoms with Gasteiger partial charge in [0.15, 0.2) is 5.65 Å². The molecule has 0 unspecified atom stereocenters. The molecule has 0 spiro atoms. The van der Waals surface area contributed by atoms with Gasteiger partial charge >= 0.3 is 5.97 Å². The summed E-state index contributed by atoms with van der Waals surface area (Å²) in [5.74, 6) is -0.257. The Kier molecular flexibility index (Phi) is 3.44. The van der Waals surface area contributed by atoms with Gasteiger partial charge in [0.2, 0.25) is 5.95 Å². The molecule has 0 aromatic carbocycles. The van der Waals surface area contributed by atoms with E-state index in [1.54, 1.807) is 10.6 Å². The Morgan fingerprint density at radius 2 is 2.20 bits per heavy atom. The molecule has 2 aromatic heterocycles. The summed E-state index contributed by atoms with van der Waals surface area (Å²) in [5, 5.41) is 0. The summed E-state index contributed by atoms with van der Waals surface area (Å²) < 4.78 is 6.84. The second-order valence-electron chi connectivity index (χ2n) is 5.30. The van der Waals surface area contributed by atoms with Crippen molar-refractivity contribution in [3.63, 3.8) is 0 Å². The Hall–Kier alpha value is -2.44. The van der Waals surface area contributed by atoms with Crippen LogP contribution in [0.3, 0.4) is 0 Å². The molecular weight excluding hydrogens is 258 g/mol. The quantitative estimate of drug-likeness (QED) is 0.850. The van der Waals surface area contributed by atoms with Gasteiger partial charge in [0, 0.05) is 0 Å². The smallest absolute Gasteiger partial charge is 0.326 e. The Balaban J connectivity index is 2.34. The molecular formula is C13H17N5O2. The van der Waals surface area contributed by atoms with Gasteiger partial charge in [0.25, 0.3) is 0 Å². The normalized spacial score (nSPS) is 11.6. The fourth-order valence-electron chi connectivity index (χ4n) is 1.75. The number of hydrogen-bond acceptors (Lipinski definition) is 6. The second kappa shape index (κ2) is 4.92. The molecule has 0 saturated carbocycles. The molecule has 2 N–H and O–H groups in total. The lowest BCUT2D eigenvalue weighted by molar-refractivity contribution is -0.155. The third-order valence-corrected chi connectivity index (χ3v) is 2.42. The lowest BCUT2D eigenvalue weighted by atomic mass is 10.2.